The zero-order chi connectivity index (χ0) is 18.0. The van der Waals surface area contributed by atoms with Crippen LogP contribution in [0.3, 0.4) is 0 Å². The maximum absolute atomic E-state index is 12.6. The van der Waals surface area contributed by atoms with Crippen molar-refractivity contribution in [3.63, 3.8) is 0 Å². The Labute approximate surface area is 148 Å². The molecule has 1 aliphatic carbocycles. The van der Waals surface area contributed by atoms with Crippen LogP contribution in [0.25, 0.3) is 10.9 Å². The van der Waals surface area contributed by atoms with Crippen molar-refractivity contribution in [3.8, 4) is 0 Å². The summed E-state index contributed by atoms with van der Waals surface area (Å²) in [4.78, 5) is 31.5. The number of aromatic nitrogens is 2. The number of amides is 1. The summed E-state index contributed by atoms with van der Waals surface area (Å²) in [6.07, 6.45) is 6.62. The van der Waals surface area contributed by atoms with Crippen LogP contribution in [0.4, 0.5) is 0 Å². The summed E-state index contributed by atoms with van der Waals surface area (Å²) < 4.78 is 1.55. The molecule has 2 aromatic rings. The molecule has 2 atom stereocenters. The maximum atomic E-state index is 12.6. The Kier molecular flexibility index (Phi) is 5.21. The fourth-order valence-corrected chi connectivity index (χ4v) is 3.95. The average Bonchev–Trinajstić information content (AvgIpc) is 2.61. The summed E-state index contributed by atoms with van der Waals surface area (Å²) in [5, 5.41) is 0.615. The molecular formula is C20H27N3O2. The van der Waals surface area contributed by atoms with Gasteiger partial charge in [-0.15, -0.1) is 0 Å². The number of rotatable bonds is 4. The number of para-hydroxylation sites is 1. The van der Waals surface area contributed by atoms with Crippen molar-refractivity contribution in [1.29, 1.82) is 0 Å². The van der Waals surface area contributed by atoms with Gasteiger partial charge >= 0.3 is 0 Å². The summed E-state index contributed by atoms with van der Waals surface area (Å²) >= 11 is 0. The molecule has 1 aromatic carbocycles. The van der Waals surface area contributed by atoms with E-state index in [-0.39, 0.29) is 11.5 Å². The van der Waals surface area contributed by atoms with Gasteiger partial charge in [0.25, 0.3) is 5.56 Å². The molecule has 25 heavy (non-hydrogen) atoms. The molecule has 1 amide bonds. The van der Waals surface area contributed by atoms with Crippen molar-refractivity contribution in [1.82, 2.24) is 14.5 Å². The molecule has 0 unspecified atom stereocenters. The van der Waals surface area contributed by atoms with Crippen LogP contribution >= 0.6 is 0 Å². The first-order valence-corrected chi connectivity index (χ1v) is 9.19. The molecule has 0 saturated heterocycles. The molecule has 1 heterocycles. The second-order valence-electron chi connectivity index (χ2n) is 7.30. The SMILES string of the molecule is Cc1cccc2c(=O)n(CCC(=O)N(C)[C@H]3CCCC[C@@H]3C)cnc12. The summed E-state index contributed by atoms with van der Waals surface area (Å²) in [5.74, 6) is 0.658. The third-order valence-corrected chi connectivity index (χ3v) is 5.58. The lowest BCUT2D eigenvalue weighted by Crippen LogP contribution is -2.43. The second kappa shape index (κ2) is 7.38. The first kappa shape index (κ1) is 17.6. The largest absolute Gasteiger partial charge is 0.342 e. The van der Waals surface area contributed by atoms with Crippen LogP contribution in [-0.4, -0.2) is 33.4 Å². The highest BCUT2D eigenvalue weighted by Gasteiger charge is 2.27. The number of nitrogens with zero attached hydrogens (tertiary/aromatic N) is 3. The van der Waals surface area contributed by atoms with E-state index in [0.29, 0.717) is 30.3 Å². The van der Waals surface area contributed by atoms with Gasteiger partial charge in [-0.3, -0.25) is 14.2 Å². The predicted octanol–water partition coefficient (Wildman–Crippen LogP) is 3.13. The number of hydrogen-bond acceptors (Lipinski definition) is 3. The Balaban J connectivity index is 1.71. The number of carbonyl (C=O) groups excluding carboxylic acids is 1. The highest BCUT2D eigenvalue weighted by Crippen LogP contribution is 2.27. The van der Waals surface area contributed by atoms with Gasteiger partial charge in [-0.05, 0) is 37.3 Å². The van der Waals surface area contributed by atoms with Gasteiger partial charge in [0.05, 0.1) is 17.2 Å². The van der Waals surface area contributed by atoms with Crippen molar-refractivity contribution in [2.75, 3.05) is 7.05 Å². The van der Waals surface area contributed by atoms with Crippen LogP contribution in [0.15, 0.2) is 29.3 Å². The molecule has 0 aliphatic heterocycles. The van der Waals surface area contributed by atoms with Gasteiger partial charge in [0, 0.05) is 26.1 Å². The molecular weight excluding hydrogens is 314 g/mol. The fourth-order valence-electron chi connectivity index (χ4n) is 3.95. The Hall–Kier alpha value is -2.17. The first-order chi connectivity index (χ1) is 12.0. The van der Waals surface area contributed by atoms with Gasteiger partial charge < -0.3 is 4.90 Å². The minimum Gasteiger partial charge on any atom is -0.342 e. The summed E-state index contributed by atoms with van der Waals surface area (Å²) in [6.45, 7) is 4.55. The Bertz CT molecular complexity index is 827. The van der Waals surface area contributed by atoms with Crippen molar-refractivity contribution < 1.29 is 4.79 Å². The third-order valence-electron chi connectivity index (χ3n) is 5.58. The van der Waals surface area contributed by atoms with E-state index >= 15 is 0 Å². The van der Waals surface area contributed by atoms with E-state index in [1.807, 2.05) is 31.0 Å². The topological polar surface area (TPSA) is 55.2 Å². The third kappa shape index (κ3) is 3.60. The van der Waals surface area contributed by atoms with Crippen molar-refractivity contribution in [2.24, 2.45) is 5.92 Å². The van der Waals surface area contributed by atoms with Crippen molar-refractivity contribution in [3.05, 3.63) is 40.4 Å². The molecule has 0 bridgehead atoms. The number of benzene rings is 1. The number of carbonyl (C=O) groups is 1. The molecule has 3 rings (SSSR count). The Morgan fingerprint density at radius 2 is 2.08 bits per heavy atom. The van der Waals surface area contributed by atoms with Crippen LogP contribution in [0.2, 0.25) is 0 Å². The molecule has 5 heteroatoms. The van der Waals surface area contributed by atoms with Crippen LogP contribution in [0.5, 0.6) is 0 Å². The van der Waals surface area contributed by atoms with E-state index in [9.17, 15) is 9.59 Å². The molecule has 0 N–H and O–H groups in total. The number of hydrogen-bond donors (Lipinski definition) is 0. The minimum atomic E-state index is -0.0739. The standard InChI is InChI=1S/C20H27N3O2/c1-14-7-4-5-10-17(14)22(3)18(24)11-12-23-13-21-19-15(2)8-6-9-16(19)20(23)25/h6,8-9,13-14,17H,4-5,7,10-12H2,1-3H3/t14-,17-/m0/s1. The average molecular weight is 341 g/mol. The van der Waals surface area contributed by atoms with E-state index < -0.39 is 0 Å². The highest BCUT2D eigenvalue weighted by atomic mass is 16.2. The monoisotopic (exact) mass is 341 g/mol. The molecule has 1 saturated carbocycles. The lowest BCUT2D eigenvalue weighted by Gasteiger charge is -2.36. The molecule has 0 spiro atoms. The van der Waals surface area contributed by atoms with Gasteiger partial charge in [-0.25, -0.2) is 4.98 Å². The predicted molar refractivity (Wildman–Crippen MR) is 99.5 cm³/mol. The lowest BCUT2D eigenvalue weighted by atomic mass is 9.85. The maximum Gasteiger partial charge on any atom is 0.261 e. The van der Waals surface area contributed by atoms with Crippen LogP contribution in [0, 0.1) is 12.8 Å². The lowest BCUT2D eigenvalue weighted by molar-refractivity contribution is -0.133. The van der Waals surface area contributed by atoms with Gasteiger partial charge in [0.1, 0.15) is 0 Å². The van der Waals surface area contributed by atoms with E-state index in [2.05, 4.69) is 11.9 Å². The molecule has 5 nitrogen and oxygen atoms in total. The summed E-state index contributed by atoms with van der Waals surface area (Å²) in [6, 6.07) is 5.94. The van der Waals surface area contributed by atoms with Crippen molar-refractivity contribution in [2.45, 2.75) is 58.5 Å². The quantitative estimate of drug-likeness (QED) is 0.858. The number of fused-ring (bicyclic) bond motifs is 1. The van der Waals surface area contributed by atoms with E-state index in [0.717, 1.165) is 17.5 Å². The zero-order valence-corrected chi connectivity index (χ0v) is 15.4. The molecule has 0 radical (unpaired) electrons. The van der Waals surface area contributed by atoms with Gasteiger partial charge in [-0.1, -0.05) is 31.9 Å². The fraction of sp³-hybridized carbons (Fsp3) is 0.550. The van der Waals surface area contributed by atoms with Gasteiger partial charge in [-0.2, -0.15) is 0 Å². The van der Waals surface area contributed by atoms with Crippen LogP contribution in [0.1, 0.15) is 44.6 Å². The molecule has 1 aliphatic rings. The van der Waals surface area contributed by atoms with Gasteiger partial charge in [0.15, 0.2) is 0 Å². The smallest absolute Gasteiger partial charge is 0.261 e. The van der Waals surface area contributed by atoms with Gasteiger partial charge in [0.2, 0.25) is 5.91 Å². The van der Waals surface area contributed by atoms with E-state index in [1.54, 1.807) is 17.0 Å². The normalized spacial score (nSPS) is 20.6. The Morgan fingerprint density at radius 1 is 1.32 bits per heavy atom. The van der Waals surface area contributed by atoms with E-state index in [4.69, 9.17) is 0 Å². The summed E-state index contributed by atoms with van der Waals surface area (Å²) in [5.41, 5.74) is 1.65. The molecule has 1 fully saturated rings. The first-order valence-electron chi connectivity index (χ1n) is 9.19. The zero-order valence-electron chi connectivity index (χ0n) is 15.4. The summed E-state index contributed by atoms with van der Waals surface area (Å²) in [7, 11) is 1.90. The Morgan fingerprint density at radius 3 is 2.84 bits per heavy atom. The van der Waals surface area contributed by atoms with Crippen LogP contribution in [-0.2, 0) is 11.3 Å². The minimum absolute atomic E-state index is 0.0739. The molecule has 1 aromatic heterocycles. The van der Waals surface area contributed by atoms with Crippen LogP contribution < -0.4 is 5.56 Å². The number of aryl methyl sites for hydroxylation is 2. The van der Waals surface area contributed by atoms with E-state index in [1.165, 1.54) is 19.3 Å². The molecule has 134 valence electrons. The highest BCUT2D eigenvalue weighted by molar-refractivity contribution is 5.80. The second-order valence-corrected chi connectivity index (χ2v) is 7.30. The van der Waals surface area contributed by atoms with Crippen molar-refractivity contribution >= 4 is 16.8 Å².